The highest BCUT2D eigenvalue weighted by molar-refractivity contribution is 6.17. The van der Waals surface area contributed by atoms with Gasteiger partial charge in [0.05, 0.1) is 30.5 Å². The number of carbonyl (C=O) groups is 2. The number of nitriles is 1. The van der Waals surface area contributed by atoms with Crippen LogP contribution in [-0.4, -0.2) is 35.0 Å². The van der Waals surface area contributed by atoms with Crippen molar-refractivity contribution in [3.8, 4) is 6.07 Å². The van der Waals surface area contributed by atoms with Crippen molar-refractivity contribution >= 4 is 17.5 Å². The first-order valence-electron chi connectivity index (χ1n) is 5.72. The van der Waals surface area contributed by atoms with Gasteiger partial charge in [0.25, 0.3) is 11.8 Å². The fourth-order valence-corrected chi connectivity index (χ4v) is 1.75. The summed E-state index contributed by atoms with van der Waals surface area (Å²) < 4.78 is 13.6. The van der Waals surface area contributed by atoms with Crippen LogP contribution in [0.2, 0.25) is 0 Å². The lowest BCUT2D eigenvalue weighted by atomic mass is 10.2. The van der Waals surface area contributed by atoms with Crippen LogP contribution >= 0.6 is 0 Å². The van der Waals surface area contributed by atoms with E-state index in [1.165, 1.54) is 12.1 Å². The number of hydrogen-bond donors (Lipinski definition) is 2. The van der Waals surface area contributed by atoms with Gasteiger partial charge < -0.3 is 10.4 Å². The minimum atomic E-state index is -0.647. The normalized spacial score (nSPS) is 14.2. The number of aliphatic hydroxyl groups is 1. The van der Waals surface area contributed by atoms with E-state index in [0.29, 0.717) is 0 Å². The fraction of sp³-hybridized carbons (Fsp3) is 0.154. The molecule has 0 aliphatic carbocycles. The highest BCUT2D eigenvalue weighted by atomic mass is 19.1. The quantitative estimate of drug-likeness (QED) is 0.773. The molecule has 1 aromatic carbocycles. The van der Waals surface area contributed by atoms with Crippen LogP contribution in [0.15, 0.2) is 30.0 Å². The number of halogens is 1. The van der Waals surface area contributed by atoms with Crippen LogP contribution in [-0.2, 0) is 9.59 Å². The van der Waals surface area contributed by atoms with Crippen LogP contribution < -0.4 is 5.32 Å². The van der Waals surface area contributed by atoms with Crippen LogP contribution in [0.25, 0.3) is 0 Å². The second-order valence-corrected chi connectivity index (χ2v) is 4.01. The van der Waals surface area contributed by atoms with Crippen molar-refractivity contribution < 1.29 is 19.1 Å². The van der Waals surface area contributed by atoms with Crippen molar-refractivity contribution in [3.63, 3.8) is 0 Å². The van der Waals surface area contributed by atoms with Crippen LogP contribution in [0.5, 0.6) is 0 Å². The van der Waals surface area contributed by atoms with Crippen LogP contribution in [0, 0.1) is 17.1 Å². The maximum atomic E-state index is 13.6. The number of rotatable bonds is 4. The standard InChI is InChI=1S/C13H10FN3O3/c14-9-2-1-8(7-15)5-10(9)16-11-6-12(19)17(3-4-18)13(11)20/h1-2,5-6,16,18H,3-4H2. The summed E-state index contributed by atoms with van der Waals surface area (Å²) in [5, 5.41) is 20.0. The lowest BCUT2D eigenvalue weighted by Gasteiger charge is -2.13. The molecular formula is C13H10FN3O3. The van der Waals surface area contributed by atoms with E-state index in [4.69, 9.17) is 10.4 Å². The van der Waals surface area contributed by atoms with E-state index in [2.05, 4.69) is 5.32 Å². The molecular weight excluding hydrogens is 265 g/mol. The Morgan fingerprint density at radius 1 is 1.40 bits per heavy atom. The van der Waals surface area contributed by atoms with Gasteiger partial charge in [0, 0.05) is 6.08 Å². The molecule has 1 aromatic rings. The molecule has 2 amide bonds. The number of hydrogen-bond acceptors (Lipinski definition) is 5. The number of nitrogens with one attached hydrogen (secondary N) is 1. The van der Waals surface area contributed by atoms with Gasteiger partial charge in [-0.25, -0.2) is 4.39 Å². The minimum Gasteiger partial charge on any atom is -0.395 e. The Balaban J connectivity index is 2.24. The van der Waals surface area contributed by atoms with Crippen molar-refractivity contribution in [1.29, 1.82) is 5.26 Å². The molecule has 20 heavy (non-hydrogen) atoms. The lowest BCUT2D eigenvalue weighted by molar-refractivity contribution is -0.137. The topological polar surface area (TPSA) is 93.4 Å². The van der Waals surface area contributed by atoms with E-state index in [9.17, 15) is 14.0 Å². The molecule has 0 spiro atoms. The SMILES string of the molecule is N#Cc1ccc(F)c(NC2=CC(=O)N(CCO)C2=O)c1. The molecule has 7 heteroatoms. The van der Waals surface area contributed by atoms with Gasteiger partial charge in [0.15, 0.2) is 0 Å². The molecule has 0 saturated heterocycles. The van der Waals surface area contributed by atoms with Crippen LogP contribution in [0.4, 0.5) is 10.1 Å². The van der Waals surface area contributed by atoms with E-state index in [-0.39, 0.29) is 30.1 Å². The number of β-amino-alcohol motifs (C(OH)–C–C–N with tert-alkyl or cyclic N) is 1. The molecule has 0 atom stereocenters. The lowest BCUT2D eigenvalue weighted by Crippen LogP contribution is -2.34. The third-order valence-corrected chi connectivity index (χ3v) is 2.70. The Morgan fingerprint density at radius 3 is 2.80 bits per heavy atom. The Bertz CT molecular complexity index is 649. The molecule has 0 fully saturated rings. The third-order valence-electron chi connectivity index (χ3n) is 2.70. The molecule has 2 rings (SSSR count). The number of nitrogens with zero attached hydrogens (tertiary/aromatic N) is 2. The highest BCUT2D eigenvalue weighted by Gasteiger charge is 2.30. The van der Waals surface area contributed by atoms with E-state index >= 15 is 0 Å². The van der Waals surface area contributed by atoms with Gasteiger partial charge in [-0.05, 0) is 18.2 Å². The zero-order chi connectivity index (χ0) is 14.7. The van der Waals surface area contributed by atoms with E-state index in [1.54, 1.807) is 0 Å². The molecule has 0 radical (unpaired) electrons. The van der Waals surface area contributed by atoms with Gasteiger partial charge in [-0.2, -0.15) is 5.26 Å². The Labute approximate surface area is 113 Å². The van der Waals surface area contributed by atoms with Crippen molar-refractivity contribution in [1.82, 2.24) is 4.90 Å². The fourth-order valence-electron chi connectivity index (χ4n) is 1.75. The third kappa shape index (κ3) is 2.50. The molecule has 1 heterocycles. The number of benzene rings is 1. The molecule has 102 valence electrons. The molecule has 1 aliphatic rings. The predicted molar refractivity (Wildman–Crippen MR) is 66.6 cm³/mol. The van der Waals surface area contributed by atoms with E-state index < -0.39 is 17.6 Å². The first-order valence-corrected chi connectivity index (χ1v) is 5.72. The number of amides is 2. The van der Waals surface area contributed by atoms with Crippen molar-refractivity contribution in [3.05, 3.63) is 41.4 Å². The predicted octanol–water partition coefficient (Wildman–Crippen LogP) is 0.354. The first kappa shape index (κ1) is 13.7. The molecule has 0 bridgehead atoms. The van der Waals surface area contributed by atoms with Gasteiger partial charge in [0.1, 0.15) is 11.5 Å². The maximum absolute atomic E-state index is 13.6. The first-order chi connectivity index (χ1) is 9.56. The molecule has 6 nitrogen and oxygen atoms in total. The Hall–Kier alpha value is -2.72. The van der Waals surface area contributed by atoms with Gasteiger partial charge in [-0.15, -0.1) is 0 Å². The summed E-state index contributed by atoms with van der Waals surface area (Å²) >= 11 is 0. The van der Waals surface area contributed by atoms with Crippen LogP contribution in [0.1, 0.15) is 5.56 Å². The second-order valence-electron chi connectivity index (χ2n) is 4.01. The van der Waals surface area contributed by atoms with Crippen LogP contribution in [0.3, 0.4) is 0 Å². The molecule has 0 unspecified atom stereocenters. The Kier molecular flexibility index (Phi) is 3.77. The summed E-state index contributed by atoms with van der Waals surface area (Å²) in [7, 11) is 0. The summed E-state index contributed by atoms with van der Waals surface area (Å²) in [5.41, 5.74) is 0.0539. The number of anilines is 1. The largest absolute Gasteiger partial charge is 0.395 e. The van der Waals surface area contributed by atoms with Gasteiger partial charge >= 0.3 is 0 Å². The summed E-state index contributed by atoms with van der Waals surface area (Å²) in [6.07, 6.45) is 1.02. The smallest absolute Gasteiger partial charge is 0.277 e. The molecule has 0 aromatic heterocycles. The van der Waals surface area contributed by atoms with Crippen molar-refractivity contribution in [2.24, 2.45) is 0 Å². The van der Waals surface area contributed by atoms with Crippen molar-refractivity contribution in [2.75, 3.05) is 18.5 Å². The summed E-state index contributed by atoms with van der Waals surface area (Å²) in [6, 6.07) is 5.48. The average molecular weight is 275 g/mol. The average Bonchev–Trinajstić information content (AvgIpc) is 2.69. The van der Waals surface area contributed by atoms with Gasteiger partial charge in [0.2, 0.25) is 0 Å². The number of carbonyl (C=O) groups excluding carboxylic acids is 2. The minimum absolute atomic E-state index is 0.0673. The summed E-state index contributed by atoms with van der Waals surface area (Å²) in [5.74, 6) is -1.88. The zero-order valence-corrected chi connectivity index (χ0v) is 10.3. The number of imide groups is 1. The Morgan fingerprint density at radius 2 is 2.15 bits per heavy atom. The van der Waals surface area contributed by atoms with Gasteiger partial charge in [-0.3, -0.25) is 14.5 Å². The zero-order valence-electron chi connectivity index (χ0n) is 10.3. The number of aliphatic hydroxyl groups excluding tert-OH is 1. The van der Waals surface area contributed by atoms with Gasteiger partial charge in [-0.1, -0.05) is 0 Å². The summed E-state index contributed by atoms with van der Waals surface area (Å²) in [6.45, 7) is -0.475. The second kappa shape index (κ2) is 5.50. The monoisotopic (exact) mass is 275 g/mol. The van der Waals surface area contributed by atoms with Crippen molar-refractivity contribution in [2.45, 2.75) is 0 Å². The molecule has 2 N–H and O–H groups in total. The molecule has 0 saturated carbocycles. The molecule has 1 aliphatic heterocycles. The van der Waals surface area contributed by atoms with E-state index in [0.717, 1.165) is 17.0 Å². The maximum Gasteiger partial charge on any atom is 0.277 e. The van der Waals surface area contributed by atoms with E-state index in [1.807, 2.05) is 6.07 Å². The highest BCUT2D eigenvalue weighted by Crippen LogP contribution is 2.21. The summed E-state index contributed by atoms with van der Waals surface area (Å²) in [4.78, 5) is 24.2.